The van der Waals surface area contributed by atoms with Gasteiger partial charge in [-0.3, -0.25) is 14.4 Å². The molecule has 2 saturated heterocycles. The van der Waals surface area contributed by atoms with Gasteiger partial charge in [-0.1, -0.05) is 12.1 Å². The molecule has 0 aliphatic carbocycles. The molecule has 0 spiro atoms. The fourth-order valence-electron chi connectivity index (χ4n) is 3.97. The van der Waals surface area contributed by atoms with E-state index in [4.69, 9.17) is 9.47 Å². The highest BCUT2D eigenvalue weighted by Gasteiger charge is 2.36. The van der Waals surface area contributed by atoms with Crippen molar-refractivity contribution in [2.75, 3.05) is 33.4 Å². The fourth-order valence-corrected chi connectivity index (χ4v) is 3.97. The van der Waals surface area contributed by atoms with Gasteiger partial charge in [0, 0.05) is 38.1 Å². The summed E-state index contributed by atoms with van der Waals surface area (Å²) in [7, 11) is 1.56. The maximum atomic E-state index is 12.6. The third kappa shape index (κ3) is 5.23. The number of para-hydroxylation sites is 2. The molecule has 0 saturated carbocycles. The summed E-state index contributed by atoms with van der Waals surface area (Å²) < 4.78 is 10.8. The number of amides is 3. The van der Waals surface area contributed by atoms with Crippen LogP contribution in [-0.2, 0) is 14.4 Å². The van der Waals surface area contributed by atoms with E-state index in [1.54, 1.807) is 29.0 Å². The van der Waals surface area contributed by atoms with Crippen LogP contribution in [0.1, 0.15) is 33.1 Å². The maximum absolute atomic E-state index is 12.6. The smallest absolute Gasteiger partial charge is 0.260 e. The van der Waals surface area contributed by atoms with Crippen LogP contribution in [0.2, 0.25) is 0 Å². The summed E-state index contributed by atoms with van der Waals surface area (Å²) in [5.74, 6) is 0.745. The van der Waals surface area contributed by atoms with Gasteiger partial charge in [0.05, 0.1) is 13.0 Å². The highest BCUT2D eigenvalue weighted by Crippen LogP contribution is 2.26. The van der Waals surface area contributed by atoms with Gasteiger partial charge in [-0.05, 0) is 38.8 Å². The van der Waals surface area contributed by atoms with E-state index in [2.05, 4.69) is 5.32 Å². The summed E-state index contributed by atoms with van der Waals surface area (Å²) in [5, 5.41) is 3.07. The standard InChI is InChI=1S/C22H31N3O5/c1-15(2)25-13-16(12-20(25)26)22(28)23-17-8-10-24(11-9-17)21(27)14-30-19-7-5-4-6-18(19)29-3/h4-7,15-17H,8-14H2,1-3H3,(H,23,28). The molecule has 0 bridgehead atoms. The normalized spacial score (nSPS) is 19.9. The van der Waals surface area contributed by atoms with Crippen LogP contribution >= 0.6 is 0 Å². The number of carbonyl (C=O) groups is 3. The van der Waals surface area contributed by atoms with Crippen LogP contribution < -0.4 is 14.8 Å². The van der Waals surface area contributed by atoms with E-state index in [9.17, 15) is 14.4 Å². The lowest BCUT2D eigenvalue weighted by Gasteiger charge is -2.33. The van der Waals surface area contributed by atoms with Crippen LogP contribution in [0.25, 0.3) is 0 Å². The Morgan fingerprint density at radius 2 is 1.83 bits per heavy atom. The molecule has 1 aromatic rings. The first-order chi connectivity index (χ1) is 14.4. The number of hydrogen-bond donors (Lipinski definition) is 1. The van der Waals surface area contributed by atoms with E-state index in [-0.39, 0.29) is 48.8 Å². The average molecular weight is 418 g/mol. The van der Waals surface area contributed by atoms with Crippen molar-refractivity contribution in [1.82, 2.24) is 15.1 Å². The SMILES string of the molecule is COc1ccccc1OCC(=O)N1CCC(NC(=O)C2CC(=O)N(C(C)C)C2)CC1. The Labute approximate surface area is 177 Å². The molecule has 8 heteroatoms. The number of hydrogen-bond acceptors (Lipinski definition) is 5. The van der Waals surface area contributed by atoms with Crippen molar-refractivity contribution in [3.63, 3.8) is 0 Å². The number of nitrogens with zero attached hydrogens (tertiary/aromatic N) is 2. The molecule has 164 valence electrons. The van der Waals surface area contributed by atoms with Gasteiger partial charge < -0.3 is 24.6 Å². The van der Waals surface area contributed by atoms with Crippen LogP contribution in [0.3, 0.4) is 0 Å². The summed E-state index contributed by atoms with van der Waals surface area (Å²) in [6.45, 7) is 5.50. The van der Waals surface area contributed by atoms with Crippen molar-refractivity contribution in [3.05, 3.63) is 24.3 Å². The predicted octanol–water partition coefficient (Wildman–Crippen LogP) is 1.44. The second kappa shape index (κ2) is 9.82. The number of likely N-dealkylation sites (tertiary alicyclic amines) is 2. The van der Waals surface area contributed by atoms with Crippen molar-refractivity contribution in [2.24, 2.45) is 5.92 Å². The Balaban J connectivity index is 1.42. The molecule has 1 atom stereocenters. The molecule has 2 fully saturated rings. The predicted molar refractivity (Wildman–Crippen MR) is 111 cm³/mol. The number of piperidine rings is 1. The number of carbonyl (C=O) groups excluding carboxylic acids is 3. The van der Waals surface area contributed by atoms with Gasteiger partial charge in [0.2, 0.25) is 11.8 Å². The van der Waals surface area contributed by atoms with Gasteiger partial charge in [0.15, 0.2) is 18.1 Å². The summed E-state index contributed by atoms with van der Waals surface area (Å²) in [4.78, 5) is 40.6. The number of rotatable bonds is 7. The summed E-state index contributed by atoms with van der Waals surface area (Å²) >= 11 is 0. The Morgan fingerprint density at radius 1 is 1.17 bits per heavy atom. The highest BCUT2D eigenvalue weighted by atomic mass is 16.5. The minimum Gasteiger partial charge on any atom is -0.493 e. The first-order valence-electron chi connectivity index (χ1n) is 10.5. The molecule has 30 heavy (non-hydrogen) atoms. The van der Waals surface area contributed by atoms with Gasteiger partial charge in [-0.15, -0.1) is 0 Å². The number of ether oxygens (including phenoxy) is 2. The van der Waals surface area contributed by atoms with Crippen molar-refractivity contribution in [1.29, 1.82) is 0 Å². The van der Waals surface area contributed by atoms with Gasteiger partial charge >= 0.3 is 0 Å². The topological polar surface area (TPSA) is 88.2 Å². The van der Waals surface area contributed by atoms with E-state index < -0.39 is 0 Å². The zero-order valence-corrected chi connectivity index (χ0v) is 17.9. The maximum Gasteiger partial charge on any atom is 0.260 e. The minimum absolute atomic E-state index is 0.0277. The second-order valence-electron chi connectivity index (χ2n) is 8.14. The molecule has 2 heterocycles. The molecule has 2 aliphatic heterocycles. The molecule has 0 aromatic heterocycles. The van der Waals surface area contributed by atoms with Crippen molar-refractivity contribution in [3.8, 4) is 11.5 Å². The Hall–Kier alpha value is -2.77. The molecule has 3 rings (SSSR count). The lowest BCUT2D eigenvalue weighted by molar-refractivity contribution is -0.134. The summed E-state index contributed by atoms with van der Waals surface area (Å²) in [6.07, 6.45) is 1.67. The highest BCUT2D eigenvalue weighted by molar-refractivity contribution is 5.89. The van der Waals surface area contributed by atoms with Gasteiger partial charge in [-0.2, -0.15) is 0 Å². The molecular weight excluding hydrogens is 386 g/mol. The van der Waals surface area contributed by atoms with Crippen LogP contribution in [0.4, 0.5) is 0 Å². The summed E-state index contributed by atoms with van der Waals surface area (Å²) in [5.41, 5.74) is 0. The number of nitrogens with one attached hydrogen (secondary N) is 1. The molecule has 1 aromatic carbocycles. The zero-order valence-electron chi connectivity index (χ0n) is 17.9. The van der Waals surface area contributed by atoms with Gasteiger partial charge in [-0.25, -0.2) is 0 Å². The van der Waals surface area contributed by atoms with E-state index in [0.29, 0.717) is 44.0 Å². The van der Waals surface area contributed by atoms with Crippen LogP contribution in [0, 0.1) is 5.92 Å². The molecule has 8 nitrogen and oxygen atoms in total. The Bertz CT molecular complexity index is 774. The minimum atomic E-state index is -0.284. The Kier molecular flexibility index (Phi) is 7.18. The van der Waals surface area contributed by atoms with Crippen LogP contribution in [-0.4, -0.2) is 73.0 Å². The van der Waals surface area contributed by atoms with Gasteiger partial charge in [0.25, 0.3) is 5.91 Å². The first kappa shape index (κ1) is 21.9. The monoisotopic (exact) mass is 417 g/mol. The molecule has 3 amide bonds. The quantitative estimate of drug-likeness (QED) is 0.725. The number of benzene rings is 1. The van der Waals surface area contributed by atoms with E-state index in [1.165, 1.54) is 0 Å². The summed E-state index contributed by atoms with van der Waals surface area (Å²) in [6, 6.07) is 7.36. The zero-order chi connectivity index (χ0) is 21.7. The number of methoxy groups -OCH3 is 1. The third-order valence-electron chi connectivity index (χ3n) is 5.77. The van der Waals surface area contributed by atoms with Gasteiger partial charge in [0.1, 0.15) is 0 Å². The third-order valence-corrected chi connectivity index (χ3v) is 5.77. The average Bonchev–Trinajstić information content (AvgIpc) is 3.15. The first-order valence-corrected chi connectivity index (χ1v) is 10.5. The fraction of sp³-hybridized carbons (Fsp3) is 0.591. The molecular formula is C22H31N3O5. The lowest BCUT2D eigenvalue weighted by atomic mass is 10.0. The van der Waals surface area contributed by atoms with E-state index in [1.807, 2.05) is 26.0 Å². The molecule has 0 radical (unpaired) electrons. The van der Waals surface area contributed by atoms with Crippen molar-refractivity contribution >= 4 is 17.7 Å². The molecule has 1 unspecified atom stereocenters. The van der Waals surface area contributed by atoms with E-state index in [0.717, 1.165) is 0 Å². The second-order valence-corrected chi connectivity index (χ2v) is 8.14. The molecule has 2 aliphatic rings. The molecule has 1 N–H and O–H groups in total. The lowest BCUT2D eigenvalue weighted by Crippen LogP contribution is -2.49. The van der Waals surface area contributed by atoms with E-state index >= 15 is 0 Å². The van der Waals surface area contributed by atoms with Crippen LogP contribution in [0.5, 0.6) is 11.5 Å². The van der Waals surface area contributed by atoms with Crippen molar-refractivity contribution in [2.45, 2.75) is 45.2 Å². The van der Waals surface area contributed by atoms with Crippen LogP contribution in [0.15, 0.2) is 24.3 Å². The van der Waals surface area contributed by atoms with Crippen molar-refractivity contribution < 1.29 is 23.9 Å². The largest absolute Gasteiger partial charge is 0.493 e. The Morgan fingerprint density at radius 3 is 2.43 bits per heavy atom.